The molecule has 0 fully saturated rings. The van der Waals surface area contributed by atoms with Gasteiger partial charge in [0, 0.05) is 23.6 Å². The molecule has 0 aliphatic carbocycles. The van der Waals surface area contributed by atoms with E-state index in [-0.39, 0.29) is 11.2 Å². The Hall–Kier alpha value is -2.80. The molecule has 0 unspecified atom stereocenters. The maximum atomic E-state index is 12.8. The fourth-order valence-electron chi connectivity index (χ4n) is 3.19. The predicted molar refractivity (Wildman–Crippen MR) is 98.9 cm³/mol. The summed E-state index contributed by atoms with van der Waals surface area (Å²) in [7, 11) is 0. The third kappa shape index (κ3) is 2.47. The highest BCUT2D eigenvalue weighted by Crippen LogP contribution is 2.32. The number of thiophene rings is 1. The zero-order valence-corrected chi connectivity index (χ0v) is 14.6. The van der Waals surface area contributed by atoms with Crippen LogP contribution >= 0.6 is 11.3 Å². The predicted octanol–water partition coefficient (Wildman–Crippen LogP) is 3.93. The lowest BCUT2D eigenvalue weighted by Gasteiger charge is -2.03. The van der Waals surface area contributed by atoms with E-state index in [4.69, 9.17) is 4.98 Å². The molecule has 2 aromatic heterocycles. The molecule has 1 aliphatic rings. The van der Waals surface area contributed by atoms with Gasteiger partial charge in [0.1, 0.15) is 10.7 Å². The van der Waals surface area contributed by atoms with Crippen LogP contribution in [0.15, 0.2) is 29.1 Å². The second-order valence-electron chi connectivity index (χ2n) is 6.13. The normalized spacial score (nSPS) is 15.0. The summed E-state index contributed by atoms with van der Waals surface area (Å²) in [6.07, 6.45) is 2.58. The van der Waals surface area contributed by atoms with Gasteiger partial charge in [-0.2, -0.15) is 0 Å². The lowest BCUT2D eigenvalue weighted by molar-refractivity contribution is -0.384. The van der Waals surface area contributed by atoms with Gasteiger partial charge in [0.25, 0.3) is 11.2 Å². The number of nitrogens with zero attached hydrogens (tertiary/aromatic N) is 3. The van der Waals surface area contributed by atoms with Gasteiger partial charge in [0.2, 0.25) is 0 Å². The Kier molecular flexibility index (Phi) is 3.54. The molecule has 0 N–H and O–H groups in total. The van der Waals surface area contributed by atoms with Crippen LogP contribution in [0.2, 0.25) is 0 Å². The molecule has 4 rings (SSSR count). The molecule has 0 bridgehead atoms. The summed E-state index contributed by atoms with van der Waals surface area (Å²) in [5.74, 6) is 0.672. The standard InChI is InChI=1S/C18H15N3O3S/c1-10-11(2)25-17-15(10)18(22)20-7-6-13(16(20)19-17)8-12-4-3-5-14(9-12)21(23)24/h3-5,8-9H,6-7H2,1-2H3/b13-8-. The molecule has 1 aliphatic heterocycles. The average molecular weight is 353 g/mol. The first kappa shape index (κ1) is 15.7. The van der Waals surface area contributed by atoms with Crippen molar-refractivity contribution in [2.75, 3.05) is 0 Å². The number of fused-ring (bicyclic) bond motifs is 2. The van der Waals surface area contributed by atoms with Crippen molar-refractivity contribution >= 4 is 38.9 Å². The topological polar surface area (TPSA) is 78.0 Å². The van der Waals surface area contributed by atoms with Gasteiger partial charge in [-0.1, -0.05) is 12.1 Å². The first-order chi connectivity index (χ1) is 12.0. The zero-order chi connectivity index (χ0) is 17.7. The number of hydrogen-bond donors (Lipinski definition) is 0. The van der Waals surface area contributed by atoms with E-state index in [1.165, 1.54) is 23.5 Å². The number of nitro benzene ring substituents is 1. The molecule has 0 saturated carbocycles. The summed E-state index contributed by atoms with van der Waals surface area (Å²) in [6, 6.07) is 6.48. The number of allylic oxidation sites excluding steroid dienone is 1. The number of aromatic nitrogens is 2. The highest BCUT2D eigenvalue weighted by atomic mass is 32.1. The molecule has 7 heteroatoms. The van der Waals surface area contributed by atoms with Crippen molar-refractivity contribution < 1.29 is 4.92 Å². The van der Waals surface area contributed by atoms with Crippen molar-refractivity contribution in [3.05, 3.63) is 66.6 Å². The average Bonchev–Trinajstić information content (AvgIpc) is 3.10. The summed E-state index contributed by atoms with van der Waals surface area (Å²) < 4.78 is 1.71. The van der Waals surface area contributed by atoms with E-state index >= 15 is 0 Å². The van der Waals surface area contributed by atoms with Gasteiger partial charge in [-0.05, 0) is 43.0 Å². The summed E-state index contributed by atoms with van der Waals surface area (Å²) >= 11 is 1.53. The van der Waals surface area contributed by atoms with Crippen LogP contribution < -0.4 is 5.56 Å². The van der Waals surface area contributed by atoms with Crippen molar-refractivity contribution in [3.8, 4) is 0 Å². The molecule has 0 saturated heterocycles. The molecule has 0 atom stereocenters. The zero-order valence-electron chi connectivity index (χ0n) is 13.8. The van der Waals surface area contributed by atoms with E-state index < -0.39 is 4.92 Å². The molecular weight excluding hydrogens is 338 g/mol. The van der Waals surface area contributed by atoms with Gasteiger partial charge in [-0.25, -0.2) is 4.98 Å². The van der Waals surface area contributed by atoms with Crippen LogP contribution in [0.5, 0.6) is 0 Å². The minimum atomic E-state index is -0.409. The fourth-order valence-corrected chi connectivity index (χ4v) is 4.21. The van der Waals surface area contributed by atoms with E-state index in [1.807, 2.05) is 26.0 Å². The molecule has 3 aromatic rings. The smallest absolute Gasteiger partial charge is 0.270 e. The molecular formula is C18H15N3O3S. The summed E-state index contributed by atoms with van der Waals surface area (Å²) in [6.45, 7) is 4.54. The first-order valence-electron chi connectivity index (χ1n) is 7.91. The third-order valence-corrected chi connectivity index (χ3v) is 5.70. The van der Waals surface area contributed by atoms with Crippen molar-refractivity contribution in [1.29, 1.82) is 0 Å². The van der Waals surface area contributed by atoms with Crippen LogP contribution in [0.4, 0.5) is 5.69 Å². The van der Waals surface area contributed by atoms with Crippen molar-refractivity contribution in [1.82, 2.24) is 9.55 Å². The highest BCUT2D eigenvalue weighted by Gasteiger charge is 2.23. The molecule has 6 nitrogen and oxygen atoms in total. The second-order valence-corrected chi connectivity index (χ2v) is 7.33. The second kappa shape index (κ2) is 5.63. The van der Waals surface area contributed by atoms with Gasteiger partial charge in [0.05, 0.1) is 10.3 Å². The summed E-state index contributed by atoms with van der Waals surface area (Å²) in [5.41, 5.74) is 2.74. The van der Waals surface area contributed by atoms with Crippen LogP contribution in [0.1, 0.15) is 28.2 Å². The summed E-state index contributed by atoms with van der Waals surface area (Å²) in [4.78, 5) is 29.9. The van der Waals surface area contributed by atoms with E-state index in [0.717, 1.165) is 26.4 Å². The maximum Gasteiger partial charge on any atom is 0.270 e. The van der Waals surface area contributed by atoms with Crippen molar-refractivity contribution in [3.63, 3.8) is 0 Å². The maximum absolute atomic E-state index is 12.8. The van der Waals surface area contributed by atoms with Crippen molar-refractivity contribution in [2.24, 2.45) is 0 Å². The quantitative estimate of drug-likeness (QED) is 0.516. The minimum absolute atomic E-state index is 0.00397. The number of rotatable bonds is 2. The Balaban J connectivity index is 1.87. The van der Waals surface area contributed by atoms with Crippen LogP contribution in [0.3, 0.4) is 0 Å². The van der Waals surface area contributed by atoms with Gasteiger partial charge < -0.3 is 0 Å². The van der Waals surface area contributed by atoms with Gasteiger partial charge in [-0.3, -0.25) is 19.5 Å². The summed E-state index contributed by atoms with van der Waals surface area (Å²) in [5, 5.41) is 11.7. The lowest BCUT2D eigenvalue weighted by atomic mass is 10.1. The highest BCUT2D eigenvalue weighted by molar-refractivity contribution is 7.18. The molecule has 0 amide bonds. The van der Waals surface area contributed by atoms with E-state index in [9.17, 15) is 14.9 Å². The molecule has 126 valence electrons. The number of hydrogen-bond acceptors (Lipinski definition) is 5. The third-order valence-electron chi connectivity index (χ3n) is 4.60. The number of aryl methyl sites for hydroxylation is 2. The number of benzene rings is 1. The fraction of sp³-hybridized carbons (Fsp3) is 0.222. The van der Waals surface area contributed by atoms with Crippen molar-refractivity contribution in [2.45, 2.75) is 26.8 Å². The van der Waals surface area contributed by atoms with Crippen LogP contribution in [0, 0.1) is 24.0 Å². The molecule has 3 heterocycles. The SMILES string of the molecule is Cc1sc2nc3n(c(=O)c2c1C)CC/C3=C/c1cccc([N+](=O)[O-])c1. The number of nitro groups is 1. The van der Waals surface area contributed by atoms with Gasteiger partial charge >= 0.3 is 0 Å². The monoisotopic (exact) mass is 353 g/mol. The molecule has 0 spiro atoms. The molecule has 25 heavy (non-hydrogen) atoms. The van der Waals surface area contributed by atoms with Crippen LogP contribution in [-0.2, 0) is 6.54 Å². The van der Waals surface area contributed by atoms with Gasteiger partial charge in [-0.15, -0.1) is 11.3 Å². The Bertz CT molecular complexity index is 1120. The largest absolute Gasteiger partial charge is 0.292 e. The van der Waals surface area contributed by atoms with E-state index in [1.54, 1.807) is 10.6 Å². The Morgan fingerprint density at radius 3 is 2.92 bits per heavy atom. The Labute approximate surface area is 147 Å². The first-order valence-corrected chi connectivity index (χ1v) is 8.73. The minimum Gasteiger partial charge on any atom is -0.292 e. The molecule has 0 radical (unpaired) electrons. The van der Waals surface area contributed by atoms with E-state index in [0.29, 0.717) is 24.2 Å². The Morgan fingerprint density at radius 1 is 1.36 bits per heavy atom. The van der Waals surface area contributed by atoms with Gasteiger partial charge in [0.15, 0.2) is 0 Å². The van der Waals surface area contributed by atoms with Crippen LogP contribution in [-0.4, -0.2) is 14.5 Å². The Morgan fingerprint density at radius 2 is 2.16 bits per heavy atom. The number of non-ortho nitro benzene ring substituents is 1. The van der Waals surface area contributed by atoms with Crippen LogP contribution in [0.25, 0.3) is 21.9 Å². The lowest BCUT2D eigenvalue weighted by Crippen LogP contribution is -2.20. The molecule has 1 aromatic carbocycles. The van der Waals surface area contributed by atoms with E-state index in [2.05, 4.69) is 0 Å².